The molecule has 0 aliphatic carbocycles. The van der Waals surface area contributed by atoms with E-state index < -0.39 is 39.9 Å². The standard InChI is InChI=1S/C16H8F4N4O3/c17-11-7-10(24(25)26)1-2-12(11)27-14-8-13(16(18,19)20)22-15(23-14)9-3-5-21-6-4-9/h1-8H. The number of ether oxygens (including phenoxy) is 1. The van der Waals surface area contributed by atoms with E-state index >= 15 is 0 Å². The van der Waals surface area contributed by atoms with Gasteiger partial charge in [0.05, 0.1) is 11.0 Å². The van der Waals surface area contributed by atoms with E-state index in [0.717, 1.165) is 12.1 Å². The van der Waals surface area contributed by atoms with Crippen LogP contribution in [-0.2, 0) is 6.18 Å². The lowest BCUT2D eigenvalue weighted by Crippen LogP contribution is -2.10. The molecule has 0 aliphatic heterocycles. The van der Waals surface area contributed by atoms with Gasteiger partial charge in [-0.15, -0.1) is 0 Å². The molecule has 0 atom stereocenters. The molecule has 2 heterocycles. The molecular weight excluding hydrogens is 372 g/mol. The van der Waals surface area contributed by atoms with Gasteiger partial charge in [-0.25, -0.2) is 9.37 Å². The first-order valence-electron chi connectivity index (χ1n) is 7.22. The Morgan fingerprint density at radius 2 is 1.74 bits per heavy atom. The molecule has 3 aromatic rings. The van der Waals surface area contributed by atoms with Crippen LogP contribution in [0.2, 0.25) is 0 Å². The maximum Gasteiger partial charge on any atom is 0.433 e. The zero-order valence-electron chi connectivity index (χ0n) is 13.1. The fourth-order valence-electron chi connectivity index (χ4n) is 2.05. The molecular formula is C16H8F4N4O3. The molecule has 11 heteroatoms. The molecule has 0 saturated heterocycles. The first-order chi connectivity index (χ1) is 12.7. The van der Waals surface area contributed by atoms with Crippen LogP contribution >= 0.6 is 0 Å². The van der Waals surface area contributed by atoms with E-state index in [-0.39, 0.29) is 11.4 Å². The number of halogens is 4. The van der Waals surface area contributed by atoms with Gasteiger partial charge >= 0.3 is 6.18 Å². The van der Waals surface area contributed by atoms with Crippen molar-refractivity contribution in [2.45, 2.75) is 6.18 Å². The van der Waals surface area contributed by atoms with Crippen LogP contribution in [0.15, 0.2) is 48.8 Å². The number of hydrogen-bond acceptors (Lipinski definition) is 6. The van der Waals surface area contributed by atoms with Gasteiger partial charge in [-0.3, -0.25) is 15.1 Å². The van der Waals surface area contributed by atoms with Crippen molar-refractivity contribution in [3.63, 3.8) is 0 Å². The van der Waals surface area contributed by atoms with Crippen molar-refractivity contribution in [3.05, 3.63) is 70.4 Å². The van der Waals surface area contributed by atoms with Crippen LogP contribution in [0, 0.1) is 15.9 Å². The Bertz CT molecular complexity index is 997. The number of pyridine rings is 1. The summed E-state index contributed by atoms with van der Waals surface area (Å²) in [5.74, 6) is -2.52. The van der Waals surface area contributed by atoms with Crippen molar-refractivity contribution in [1.29, 1.82) is 0 Å². The van der Waals surface area contributed by atoms with Crippen LogP contribution < -0.4 is 4.74 Å². The predicted molar refractivity (Wildman–Crippen MR) is 83.4 cm³/mol. The molecule has 27 heavy (non-hydrogen) atoms. The summed E-state index contributed by atoms with van der Waals surface area (Å²) in [5.41, 5.74) is -1.58. The molecule has 0 amide bonds. The second-order valence-electron chi connectivity index (χ2n) is 5.12. The van der Waals surface area contributed by atoms with Gasteiger partial charge in [0, 0.05) is 30.1 Å². The van der Waals surface area contributed by atoms with Crippen molar-refractivity contribution in [3.8, 4) is 23.0 Å². The van der Waals surface area contributed by atoms with Crippen LogP contribution in [0.25, 0.3) is 11.4 Å². The van der Waals surface area contributed by atoms with Gasteiger partial charge in [0.1, 0.15) is 0 Å². The molecule has 0 saturated carbocycles. The molecule has 0 N–H and O–H groups in total. The Kier molecular flexibility index (Phi) is 4.67. The molecule has 0 radical (unpaired) electrons. The molecule has 0 aliphatic rings. The zero-order valence-corrected chi connectivity index (χ0v) is 13.1. The topological polar surface area (TPSA) is 91.0 Å². The number of alkyl halides is 3. The van der Waals surface area contributed by atoms with Crippen LogP contribution in [0.3, 0.4) is 0 Å². The number of nitrogens with zero attached hydrogens (tertiary/aromatic N) is 4. The molecule has 7 nitrogen and oxygen atoms in total. The molecule has 1 aromatic carbocycles. The van der Waals surface area contributed by atoms with Gasteiger partial charge in [-0.1, -0.05) is 0 Å². The number of aromatic nitrogens is 3. The summed E-state index contributed by atoms with van der Waals surface area (Å²) in [6, 6.07) is 5.76. The molecule has 0 spiro atoms. The third-order valence-corrected chi connectivity index (χ3v) is 3.27. The largest absolute Gasteiger partial charge is 0.436 e. The maximum absolute atomic E-state index is 14.0. The Morgan fingerprint density at radius 1 is 1.04 bits per heavy atom. The Morgan fingerprint density at radius 3 is 2.33 bits per heavy atom. The smallest absolute Gasteiger partial charge is 0.433 e. The van der Waals surface area contributed by atoms with Crippen LogP contribution in [0.4, 0.5) is 23.2 Å². The minimum atomic E-state index is -4.79. The summed E-state index contributed by atoms with van der Waals surface area (Å²) in [7, 11) is 0. The van der Waals surface area contributed by atoms with E-state index in [2.05, 4.69) is 15.0 Å². The van der Waals surface area contributed by atoms with E-state index in [1.165, 1.54) is 24.5 Å². The fourth-order valence-corrected chi connectivity index (χ4v) is 2.05. The van der Waals surface area contributed by atoms with E-state index in [9.17, 15) is 27.7 Å². The second kappa shape index (κ2) is 6.94. The van der Waals surface area contributed by atoms with Crippen molar-refractivity contribution in [2.24, 2.45) is 0 Å². The monoisotopic (exact) mass is 380 g/mol. The SMILES string of the molecule is O=[N+]([O-])c1ccc(Oc2cc(C(F)(F)F)nc(-c3ccncc3)n2)c(F)c1. The molecule has 0 fully saturated rings. The van der Waals surface area contributed by atoms with Gasteiger partial charge < -0.3 is 4.74 Å². The summed E-state index contributed by atoms with van der Waals surface area (Å²) in [5, 5.41) is 10.6. The zero-order chi connectivity index (χ0) is 19.6. The Labute approximate surface area is 148 Å². The van der Waals surface area contributed by atoms with Crippen molar-refractivity contribution < 1.29 is 27.2 Å². The molecule has 138 valence electrons. The first-order valence-corrected chi connectivity index (χ1v) is 7.22. The van der Waals surface area contributed by atoms with Crippen molar-refractivity contribution >= 4 is 5.69 Å². The molecule has 0 unspecified atom stereocenters. The number of nitro benzene ring substituents is 1. The lowest BCUT2D eigenvalue weighted by molar-refractivity contribution is -0.385. The van der Waals surface area contributed by atoms with E-state index in [1.807, 2.05) is 0 Å². The fraction of sp³-hybridized carbons (Fsp3) is 0.0625. The van der Waals surface area contributed by atoms with Crippen LogP contribution in [0.5, 0.6) is 11.6 Å². The lowest BCUT2D eigenvalue weighted by atomic mass is 10.2. The number of rotatable bonds is 4. The number of non-ortho nitro benzene ring substituents is 1. The highest BCUT2D eigenvalue weighted by molar-refractivity contribution is 5.55. The van der Waals surface area contributed by atoms with Crippen molar-refractivity contribution in [2.75, 3.05) is 0 Å². The van der Waals surface area contributed by atoms with Crippen LogP contribution in [0.1, 0.15) is 5.69 Å². The highest BCUT2D eigenvalue weighted by atomic mass is 19.4. The highest BCUT2D eigenvalue weighted by Gasteiger charge is 2.34. The third-order valence-electron chi connectivity index (χ3n) is 3.27. The minimum absolute atomic E-state index is 0.241. The Hall–Kier alpha value is -3.63. The van der Waals surface area contributed by atoms with E-state index in [4.69, 9.17) is 4.74 Å². The summed E-state index contributed by atoms with van der Waals surface area (Å²) >= 11 is 0. The average Bonchev–Trinajstić information content (AvgIpc) is 2.63. The quantitative estimate of drug-likeness (QED) is 0.379. The number of nitro groups is 1. The predicted octanol–water partition coefficient (Wildman–Crippen LogP) is 4.40. The van der Waals surface area contributed by atoms with E-state index in [1.54, 1.807) is 0 Å². The van der Waals surface area contributed by atoms with Gasteiger partial charge in [-0.2, -0.15) is 18.2 Å². The molecule has 0 bridgehead atoms. The van der Waals surface area contributed by atoms with E-state index in [0.29, 0.717) is 12.1 Å². The van der Waals surface area contributed by atoms with Gasteiger partial charge in [0.15, 0.2) is 23.1 Å². The van der Waals surface area contributed by atoms with Crippen LogP contribution in [-0.4, -0.2) is 19.9 Å². The normalized spacial score (nSPS) is 11.3. The minimum Gasteiger partial charge on any atom is -0.436 e. The molecule has 3 rings (SSSR count). The number of hydrogen-bond donors (Lipinski definition) is 0. The third kappa shape index (κ3) is 4.14. The van der Waals surface area contributed by atoms with Crippen molar-refractivity contribution in [1.82, 2.24) is 15.0 Å². The first kappa shape index (κ1) is 18.2. The van der Waals surface area contributed by atoms with Gasteiger partial charge in [-0.05, 0) is 18.2 Å². The second-order valence-corrected chi connectivity index (χ2v) is 5.12. The maximum atomic E-state index is 14.0. The summed E-state index contributed by atoms with van der Waals surface area (Å²) < 4.78 is 58.4. The Balaban J connectivity index is 2.03. The van der Waals surface area contributed by atoms with Gasteiger partial charge in [0.25, 0.3) is 5.69 Å². The highest BCUT2D eigenvalue weighted by Crippen LogP contribution is 2.33. The number of benzene rings is 1. The average molecular weight is 380 g/mol. The summed E-state index contributed by atoms with van der Waals surface area (Å²) in [6.07, 6.45) is -2.11. The molecule has 2 aromatic heterocycles. The lowest BCUT2D eigenvalue weighted by Gasteiger charge is -2.11. The van der Waals surface area contributed by atoms with Gasteiger partial charge in [0.2, 0.25) is 5.88 Å². The summed E-state index contributed by atoms with van der Waals surface area (Å²) in [4.78, 5) is 20.9. The summed E-state index contributed by atoms with van der Waals surface area (Å²) in [6.45, 7) is 0.